The Labute approximate surface area is 130 Å². The summed E-state index contributed by atoms with van der Waals surface area (Å²) in [5.41, 5.74) is 2.67. The lowest BCUT2D eigenvalue weighted by Gasteiger charge is -2.41. The molecule has 0 aromatic heterocycles. The monoisotopic (exact) mass is 340 g/mol. The maximum Gasteiger partial charge on any atom is 0.0723 e. The third-order valence-corrected chi connectivity index (χ3v) is 4.63. The highest BCUT2D eigenvalue weighted by atomic mass is 79.9. The van der Waals surface area contributed by atoms with E-state index in [2.05, 4.69) is 65.1 Å². The Bertz CT molecular complexity index is 452. The van der Waals surface area contributed by atoms with Gasteiger partial charge in [-0.15, -0.1) is 0 Å². The van der Waals surface area contributed by atoms with E-state index in [1.165, 1.54) is 11.3 Å². The average Bonchev–Trinajstić information content (AvgIpc) is 2.46. The van der Waals surface area contributed by atoms with Crippen molar-refractivity contribution in [1.82, 2.24) is 5.32 Å². The fraction of sp³-hybridized carbons (Fsp3) is 0.625. The molecule has 1 aliphatic heterocycles. The number of halogens is 1. The first-order valence-corrected chi connectivity index (χ1v) is 8.21. The number of nitrogens with one attached hydrogen (secondary N) is 1. The summed E-state index contributed by atoms with van der Waals surface area (Å²) in [6, 6.07) is 7.38. The summed E-state index contributed by atoms with van der Waals surface area (Å²) in [4.78, 5) is 2.52. The van der Waals surface area contributed by atoms with E-state index in [9.17, 15) is 0 Å². The maximum atomic E-state index is 5.82. The Morgan fingerprint density at radius 3 is 2.90 bits per heavy atom. The van der Waals surface area contributed by atoms with Gasteiger partial charge >= 0.3 is 0 Å². The van der Waals surface area contributed by atoms with Crippen LogP contribution < -0.4 is 10.2 Å². The van der Waals surface area contributed by atoms with Gasteiger partial charge in [-0.1, -0.05) is 28.9 Å². The summed E-state index contributed by atoms with van der Waals surface area (Å²) in [7, 11) is 2.01. The molecular formula is C16H25BrN2O. The zero-order valence-electron chi connectivity index (χ0n) is 12.8. The van der Waals surface area contributed by atoms with E-state index in [0.717, 1.165) is 24.0 Å². The van der Waals surface area contributed by atoms with Crippen LogP contribution in [0.1, 0.15) is 38.8 Å². The van der Waals surface area contributed by atoms with Crippen molar-refractivity contribution >= 4 is 21.6 Å². The molecule has 1 saturated heterocycles. The van der Waals surface area contributed by atoms with Gasteiger partial charge in [-0.2, -0.15) is 0 Å². The largest absolute Gasteiger partial charge is 0.375 e. The Hall–Kier alpha value is -0.580. The Morgan fingerprint density at radius 2 is 2.25 bits per heavy atom. The van der Waals surface area contributed by atoms with Crippen LogP contribution in [-0.4, -0.2) is 32.3 Å². The lowest BCUT2D eigenvalue weighted by atomic mass is 10.0. The number of nitrogens with zero attached hydrogens (tertiary/aromatic N) is 1. The van der Waals surface area contributed by atoms with Crippen molar-refractivity contribution < 1.29 is 4.74 Å². The van der Waals surface area contributed by atoms with Crippen molar-refractivity contribution in [2.75, 3.05) is 25.1 Å². The fourth-order valence-corrected chi connectivity index (χ4v) is 3.11. The SMILES string of the molecule is CCC1COC(C)CN1c1cc(Br)ccc1C(C)NC. The third kappa shape index (κ3) is 3.35. The van der Waals surface area contributed by atoms with Crippen LogP contribution in [0.25, 0.3) is 0 Å². The van der Waals surface area contributed by atoms with E-state index in [0.29, 0.717) is 12.1 Å². The number of ether oxygens (including phenoxy) is 1. The number of benzene rings is 1. The average molecular weight is 341 g/mol. The van der Waals surface area contributed by atoms with Gasteiger partial charge in [0.2, 0.25) is 0 Å². The topological polar surface area (TPSA) is 24.5 Å². The molecule has 0 bridgehead atoms. The van der Waals surface area contributed by atoms with E-state index < -0.39 is 0 Å². The normalized spacial score (nSPS) is 24.8. The molecule has 0 aliphatic carbocycles. The molecule has 2 rings (SSSR count). The lowest BCUT2D eigenvalue weighted by molar-refractivity contribution is 0.0298. The highest BCUT2D eigenvalue weighted by molar-refractivity contribution is 9.10. The Morgan fingerprint density at radius 1 is 1.50 bits per heavy atom. The number of hydrogen-bond donors (Lipinski definition) is 1. The Kier molecular flexibility index (Phi) is 5.47. The minimum Gasteiger partial charge on any atom is -0.375 e. The first-order chi connectivity index (χ1) is 9.56. The summed E-state index contributed by atoms with van der Waals surface area (Å²) in [5, 5.41) is 3.35. The van der Waals surface area contributed by atoms with Crippen LogP contribution in [0.3, 0.4) is 0 Å². The first-order valence-electron chi connectivity index (χ1n) is 7.41. The van der Waals surface area contributed by atoms with Crippen molar-refractivity contribution in [2.45, 2.75) is 45.4 Å². The van der Waals surface area contributed by atoms with Crippen molar-refractivity contribution in [1.29, 1.82) is 0 Å². The van der Waals surface area contributed by atoms with Crippen LogP contribution in [0.4, 0.5) is 5.69 Å². The van der Waals surface area contributed by atoms with E-state index in [4.69, 9.17) is 4.74 Å². The molecule has 20 heavy (non-hydrogen) atoms. The van der Waals surface area contributed by atoms with Crippen LogP contribution in [0.5, 0.6) is 0 Å². The summed E-state index contributed by atoms with van der Waals surface area (Å²) in [6.45, 7) is 8.36. The van der Waals surface area contributed by atoms with E-state index >= 15 is 0 Å². The maximum absolute atomic E-state index is 5.82. The van der Waals surface area contributed by atoms with Gasteiger partial charge in [0.1, 0.15) is 0 Å². The summed E-state index contributed by atoms with van der Waals surface area (Å²) < 4.78 is 6.95. The molecule has 1 fully saturated rings. The molecule has 3 unspecified atom stereocenters. The van der Waals surface area contributed by atoms with Crippen LogP contribution in [0, 0.1) is 0 Å². The van der Waals surface area contributed by atoms with Gasteiger partial charge < -0.3 is 15.0 Å². The molecule has 3 nitrogen and oxygen atoms in total. The smallest absolute Gasteiger partial charge is 0.0723 e. The predicted molar refractivity (Wildman–Crippen MR) is 88.5 cm³/mol. The summed E-state index contributed by atoms with van der Waals surface area (Å²) in [6.07, 6.45) is 1.39. The van der Waals surface area contributed by atoms with E-state index in [-0.39, 0.29) is 6.10 Å². The van der Waals surface area contributed by atoms with Crippen molar-refractivity contribution in [3.63, 3.8) is 0 Å². The van der Waals surface area contributed by atoms with Gasteiger partial charge in [0.15, 0.2) is 0 Å². The third-order valence-electron chi connectivity index (χ3n) is 4.14. The number of hydrogen-bond acceptors (Lipinski definition) is 3. The summed E-state index contributed by atoms with van der Waals surface area (Å²) in [5.74, 6) is 0. The molecule has 1 heterocycles. The molecule has 4 heteroatoms. The van der Waals surface area contributed by atoms with Gasteiger partial charge in [0.05, 0.1) is 18.8 Å². The molecule has 0 spiro atoms. The van der Waals surface area contributed by atoms with Gasteiger partial charge in [0.25, 0.3) is 0 Å². The van der Waals surface area contributed by atoms with Crippen LogP contribution in [-0.2, 0) is 4.74 Å². The summed E-state index contributed by atoms with van der Waals surface area (Å²) >= 11 is 3.61. The van der Waals surface area contributed by atoms with Crippen LogP contribution >= 0.6 is 15.9 Å². The lowest BCUT2D eigenvalue weighted by Crippen LogP contribution is -2.49. The van der Waals surface area contributed by atoms with Crippen LogP contribution in [0.15, 0.2) is 22.7 Å². The molecule has 1 aromatic carbocycles. The first kappa shape index (κ1) is 15.8. The predicted octanol–water partition coefficient (Wildman–Crippen LogP) is 3.73. The standard InChI is InChI=1S/C16H25BrN2O/c1-5-14-10-20-11(2)9-19(14)16-8-13(17)6-7-15(16)12(3)18-4/h6-8,11-12,14,18H,5,9-10H2,1-4H3. The zero-order valence-corrected chi connectivity index (χ0v) is 14.4. The number of rotatable bonds is 4. The van der Waals surface area contributed by atoms with E-state index in [1.54, 1.807) is 0 Å². The molecule has 0 amide bonds. The highest BCUT2D eigenvalue weighted by Gasteiger charge is 2.28. The second kappa shape index (κ2) is 6.92. The van der Waals surface area contributed by atoms with Crippen LogP contribution in [0.2, 0.25) is 0 Å². The fourth-order valence-electron chi connectivity index (χ4n) is 2.76. The molecular weight excluding hydrogens is 316 g/mol. The zero-order chi connectivity index (χ0) is 14.7. The van der Waals surface area contributed by atoms with Gasteiger partial charge in [-0.3, -0.25) is 0 Å². The van der Waals surface area contributed by atoms with Gasteiger partial charge in [-0.25, -0.2) is 0 Å². The number of morpholine rings is 1. The molecule has 3 atom stereocenters. The Balaban J connectivity index is 2.40. The quantitative estimate of drug-likeness (QED) is 0.903. The number of anilines is 1. The molecule has 1 N–H and O–H groups in total. The van der Waals surface area contributed by atoms with Crippen molar-refractivity contribution in [3.8, 4) is 0 Å². The molecule has 0 radical (unpaired) electrons. The van der Waals surface area contributed by atoms with Gasteiger partial charge in [-0.05, 0) is 45.0 Å². The van der Waals surface area contributed by atoms with Crippen molar-refractivity contribution in [2.24, 2.45) is 0 Å². The minimum atomic E-state index is 0.287. The van der Waals surface area contributed by atoms with Crippen molar-refractivity contribution in [3.05, 3.63) is 28.2 Å². The van der Waals surface area contributed by atoms with Gasteiger partial charge in [0, 0.05) is 22.7 Å². The molecule has 112 valence electrons. The van der Waals surface area contributed by atoms with E-state index in [1.807, 2.05) is 7.05 Å². The minimum absolute atomic E-state index is 0.287. The second-order valence-electron chi connectivity index (χ2n) is 5.57. The highest BCUT2D eigenvalue weighted by Crippen LogP contribution is 2.33. The second-order valence-corrected chi connectivity index (χ2v) is 6.49. The molecule has 0 saturated carbocycles. The molecule has 1 aliphatic rings. The molecule has 1 aromatic rings.